The maximum absolute atomic E-state index is 7.35. The minimum Gasteiger partial charge on any atom is -0.497 e. The predicted molar refractivity (Wildman–Crippen MR) is 175 cm³/mol. The molecule has 6 aromatic carbocycles. The van der Waals surface area contributed by atoms with Gasteiger partial charge in [-0.1, -0.05) is 30.3 Å². The van der Waals surface area contributed by atoms with Gasteiger partial charge in [-0.15, -0.1) is 0 Å². The Bertz CT molecular complexity index is 2010. The van der Waals surface area contributed by atoms with Crippen molar-refractivity contribution in [2.45, 2.75) is 5.60 Å². The lowest BCUT2D eigenvalue weighted by Gasteiger charge is -2.37. The molecule has 0 bridgehead atoms. The highest BCUT2D eigenvalue weighted by Crippen LogP contribution is 2.52. The maximum Gasteiger partial charge on any atom is 0.178 e. The predicted octanol–water partition coefficient (Wildman–Crippen LogP) is 8.54. The second kappa shape index (κ2) is 10.7. The third-order valence-corrected chi connectivity index (χ3v) is 8.59. The molecule has 1 heterocycles. The van der Waals surface area contributed by atoms with Crippen molar-refractivity contribution in [3.8, 4) is 34.5 Å². The monoisotopic (exact) mass is 584 g/mol. The molecule has 0 aliphatic carbocycles. The lowest BCUT2D eigenvalue weighted by atomic mass is 9.82. The summed E-state index contributed by atoms with van der Waals surface area (Å²) in [6, 6.07) is 30.4. The van der Waals surface area contributed by atoms with E-state index in [-0.39, 0.29) is 0 Å². The minimum atomic E-state index is -0.946. The lowest BCUT2D eigenvalue weighted by Crippen LogP contribution is -2.34. The van der Waals surface area contributed by atoms with Gasteiger partial charge in [-0.3, -0.25) is 0 Å². The zero-order valence-corrected chi connectivity index (χ0v) is 25.3. The Hall–Kier alpha value is -5.36. The summed E-state index contributed by atoms with van der Waals surface area (Å²) in [5, 5.41) is 6.19. The molecule has 0 atom stereocenters. The summed E-state index contributed by atoms with van der Waals surface area (Å²) in [6.07, 6.45) is 4.21. The minimum absolute atomic E-state index is 0.729. The van der Waals surface area contributed by atoms with Crippen LogP contribution in [0.5, 0.6) is 34.5 Å². The van der Waals surface area contributed by atoms with Crippen molar-refractivity contribution in [2.24, 2.45) is 0 Å². The quantitative estimate of drug-likeness (QED) is 0.175. The Kier molecular flexibility index (Phi) is 6.70. The van der Waals surface area contributed by atoms with Crippen LogP contribution in [0, 0.1) is 0 Å². The van der Waals surface area contributed by atoms with E-state index in [1.54, 1.807) is 35.5 Å². The summed E-state index contributed by atoms with van der Waals surface area (Å²) in [5.74, 6) is 4.56. The zero-order chi connectivity index (χ0) is 30.4. The average Bonchev–Trinajstić information content (AvgIpc) is 3.10. The third kappa shape index (κ3) is 4.17. The van der Waals surface area contributed by atoms with Crippen molar-refractivity contribution in [2.75, 3.05) is 35.5 Å². The molecule has 0 saturated carbocycles. The van der Waals surface area contributed by atoms with Crippen LogP contribution in [-0.2, 0) is 5.60 Å². The topological polar surface area (TPSA) is 55.4 Å². The number of fused-ring (bicyclic) bond motifs is 8. The highest BCUT2D eigenvalue weighted by molar-refractivity contribution is 6.28. The number of rotatable bonds is 7. The molecule has 7 rings (SSSR count). The Morgan fingerprint density at radius 2 is 0.977 bits per heavy atom. The molecule has 6 aromatic rings. The molecular formula is C38H32O6. The first-order valence-electron chi connectivity index (χ1n) is 14.3. The summed E-state index contributed by atoms with van der Waals surface area (Å²) in [5.41, 5.74) is 1.84. The van der Waals surface area contributed by atoms with Gasteiger partial charge < -0.3 is 28.4 Å². The molecule has 6 nitrogen and oxygen atoms in total. The van der Waals surface area contributed by atoms with E-state index in [1.807, 2.05) is 60.7 Å². The molecule has 44 heavy (non-hydrogen) atoms. The fourth-order valence-corrected chi connectivity index (χ4v) is 6.31. The van der Waals surface area contributed by atoms with Gasteiger partial charge in [-0.05, 0) is 99.7 Å². The van der Waals surface area contributed by atoms with Crippen molar-refractivity contribution in [3.05, 3.63) is 114 Å². The van der Waals surface area contributed by atoms with E-state index >= 15 is 0 Å². The van der Waals surface area contributed by atoms with E-state index in [1.165, 1.54) is 0 Å². The second-order valence-corrected chi connectivity index (χ2v) is 10.7. The summed E-state index contributed by atoms with van der Waals surface area (Å²) >= 11 is 0. The van der Waals surface area contributed by atoms with Crippen LogP contribution in [0.4, 0.5) is 0 Å². The maximum atomic E-state index is 7.35. The number of methoxy groups -OCH3 is 5. The molecule has 0 aromatic heterocycles. The molecule has 0 radical (unpaired) electrons. The lowest BCUT2D eigenvalue weighted by molar-refractivity contribution is 0.163. The molecular weight excluding hydrogens is 552 g/mol. The van der Waals surface area contributed by atoms with Gasteiger partial charge in [0.05, 0.1) is 41.1 Å². The number of benzene rings is 6. The van der Waals surface area contributed by atoms with Crippen LogP contribution >= 0.6 is 0 Å². The van der Waals surface area contributed by atoms with Gasteiger partial charge in [0, 0.05) is 16.5 Å². The summed E-state index contributed by atoms with van der Waals surface area (Å²) in [7, 11) is 8.40. The van der Waals surface area contributed by atoms with Crippen LogP contribution in [0.15, 0.2) is 97.1 Å². The second-order valence-electron chi connectivity index (χ2n) is 10.7. The molecule has 0 saturated heterocycles. The van der Waals surface area contributed by atoms with Gasteiger partial charge in [0.25, 0.3) is 0 Å². The van der Waals surface area contributed by atoms with Gasteiger partial charge in [-0.2, -0.15) is 0 Å². The van der Waals surface area contributed by atoms with E-state index in [9.17, 15) is 0 Å². The van der Waals surface area contributed by atoms with E-state index in [0.717, 1.165) is 83.5 Å². The number of hydrogen-bond acceptors (Lipinski definition) is 6. The van der Waals surface area contributed by atoms with Crippen molar-refractivity contribution < 1.29 is 28.4 Å². The van der Waals surface area contributed by atoms with Gasteiger partial charge in [0.1, 0.15) is 34.5 Å². The Balaban J connectivity index is 1.59. The van der Waals surface area contributed by atoms with Crippen molar-refractivity contribution >= 4 is 38.4 Å². The molecule has 0 fully saturated rings. The first-order valence-corrected chi connectivity index (χ1v) is 14.3. The van der Waals surface area contributed by atoms with Crippen LogP contribution in [0.2, 0.25) is 0 Å². The molecule has 0 spiro atoms. The highest BCUT2D eigenvalue weighted by atomic mass is 16.5. The van der Waals surface area contributed by atoms with Crippen molar-refractivity contribution in [1.82, 2.24) is 0 Å². The standard InChI is InChI=1S/C38H32O6/c1-39-25-10-6-23(7-11-25)38(24-8-12-26(40-2)13-9-24)19-18-31-35(43-5)22-34-29-16-14-27(41-3)20-32(29)33-21-28(42-4)15-17-30(33)36(34)37(31)44-38/h6-22H,1-5H3. The fraction of sp³-hybridized carbons (Fsp3) is 0.158. The summed E-state index contributed by atoms with van der Waals surface area (Å²) < 4.78 is 35.6. The SMILES string of the molecule is COc1ccc(C2(c3ccc(OC)cc3)C=Cc3c(OC)cc4c5ccc(OC)cc5c5cc(OC)ccc5c4c3O2)cc1. The molecule has 220 valence electrons. The average molecular weight is 585 g/mol. The van der Waals surface area contributed by atoms with Crippen molar-refractivity contribution in [1.29, 1.82) is 0 Å². The van der Waals surface area contributed by atoms with E-state index in [2.05, 4.69) is 42.5 Å². The first-order chi connectivity index (χ1) is 21.5. The normalized spacial score (nSPS) is 13.4. The largest absolute Gasteiger partial charge is 0.497 e. The molecule has 0 N–H and O–H groups in total. The molecule has 0 unspecified atom stereocenters. The number of ether oxygens (including phenoxy) is 6. The van der Waals surface area contributed by atoms with E-state index in [0.29, 0.717) is 0 Å². The Morgan fingerprint density at radius 3 is 1.50 bits per heavy atom. The van der Waals surface area contributed by atoms with E-state index < -0.39 is 5.60 Å². The van der Waals surface area contributed by atoms with Crippen LogP contribution in [-0.4, -0.2) is 35.5 Å². The fourth-order valence-electron chi connectivity index (χ4n) is 6.31. The highest BCUT2D eigenvalue weighted by Gasteiger charge is 2.39. The van der Waals surface area contributed by atoms with Gasteiger partial charge in [-0.25, -0.2) is 0 Å². The molecule has 1 aliphatic heterocycles. The molecule has 6 heteroatoms. The Labute approximate surface area is 255 Å². The van der Waals surface area contributed by atoms with E-state index in [4.69, 9.17) is 28.4 Å². The van der Waals surface area contributed by atoms with Gasteiger partial charge in [0.2, 0.25) is 0 Å². The smallest absolute Gasteiger partial charge is 0.178 e. The van der Waals surface area contributed by atoms with Gasteiger partial charge >= 0.3 is 0 Å². The Morgan fingerprint density at radius 1 is 0.477 bits per heavy atom. The number of hydrogen-bond donors (Lipinski definition) is 0. The summed E-state index contributed by atoms with van der Waals surface area (Å²) in [4.78, 5) is 0. The molecule has 0 amide bonds. The third-order valence-electron chi connectivity index (χ3n) is 8.59. The molecule has 1 aliphatic rings. The van der Waals surface area contributed by atoms with Crippen LogP contribution in [0.25, 0.3) is 38.4 Å². The van der Waals surface area contributed by atoms with Crippen LogP contribution < -0.4 is 28.4 Å². The first kappa shape index (κ1) is 27.5. The van der Waals surface area contributed by atoms with Crippen molar-refractivity contribution in [3.63, 3.8) is 0 Å². The zero-order valence-electron chi connectivity index (χ0n) is 25.3. The van der Waals surface area contributed by atoms with Gasteiger partial charge in [0.15, 0.2) is 5.60 Å². The van der Waals surface area contributed by atoms with Crippen LogP contribution in [0.3, 0.4) is 0 Å². The summed E-state index contributed by atoms with van der Waals surface area (Å²) in [6.45, 7) is 0. The van der Waals surface area contributed by atoms with Crippen LogP contribution in [0.1, 0.15) is 16.7 Å².